The minimum absolute atomic E-state index is 0.360. The number of thiocarbonyl (C=S) groups is 1. The largest absolute Gasteiger partial charge is 0.448 e. The van der Waals surface area contributed by atoms with E-state index < -0.39 is 11.7 Å². The first-order valence-electron chi connectivity index (χ1n) is 7.35. The van der Waals surface area contributed by atoms with Gasteiger partial charge in [0.25, 0.3) is 0 Å². The summed E-state index contributed by atoms with van der Waals surface area (Å²) in [5.41, 5.74) is 0.569. The van der Waals surface area contributed by atoms with Gasteiger partial charge in [-0.15, -0.1) is 6.42 Å². The summed E-state index contributed by atoms with van der Waals surface area (Å²) in [5, 5.41) is 3.38. The van der Waals surface area contributed by atoms with E-state index in [0.717, 1.165) is 17.7 Å². The van der Waals surface area contributed by atoms with Crippen molar-refractivity contribution in [1.29, 1.82) is 0 Å². The van der Waals surface area contributed by atoms with Gasteiger partial charge in [0.2, 0.25) is 0 Å². The van der Waals surface area contributed by atoms with Crippen molar-refractivity contribution in [2.75, 3.05) is 18.0 Å². The molecule has 1 aromatic carbocycles. The Kier molecular flexibility index (Phi) is 4.55. The molecular formula is C18H13F3N2OS. The van der Waals surface area contributed by atoms with Crippen LogP contribution in [-0.2, 0) is 6.18 Å². The van der Waals surface area contributed by atoms with Gasteiger partial charge in [-0.2, -0.15) is 13.2 Å². The predicted octanol–water partition coefficient (Wildman–Crippen LogP) is 4.06. The monoisotopic (exact) mass is 362 g/mol. The van der Waals surface area contributed by atoms with Gasteiger partial charge in [0.05, 0.1) is 5.56 Å². The highest BCUT2D eigenvalue weighted by molar-refractivity contribution is 7.80. The Morgan fingerprint density at radius 3 is 2.76 bits per heavy atom. The number of hydrogen-bond acceptors (Lipinski definition) is 2. The molecule has 0 amide bonds. The van der Waals surface area contributed by atoms with Crippen LogP contribution in [0.2, 0.25) is 0 Å². The second-order valence-corrected chi connectivity index (χ2v) is 5.83. The fourth-order valence-corrected chi connectivity index (χ4v) is 2.72. The maximum atomic E-state index is 12.9. The number of nitrogens with one attached hydrogen (secondary N) is 1. The van der Waals surface area contributed by atoms with Crippen molar-refractivity contribution >= 4 is 29.1 Å². The zero-order chi connectivity index (χ0) is 18.0. The maximum absolute atomic E-state index is 12.9. The summed E-state index contributed by atoms with van der Waals surface area (Å²) in [6.45, 7) is 0.847. The summed E-state index contributed by atoms with van der Waals surface area (Å²) in [4.78, 5) is 1.62. The molecule has 1 aliphatic heterocycles. The molecular weight excluding hydrogens is 349 g/mol. The Morgan fingerprint density at radius 1 is 1.28 bits per heavy atom. The van der Waals surface area contributed by atoms with Crippen molar-refractivity contribution in [2.45, 2.75) is 6.18 Å². The summed E-state index contributed by atoms with van der Waals surface area (Å²) < 4.78 is 44.2. The Hall–Kier alpha value is -2.72. The average Bonchev–Trinajstić information content (AvgIpc) is 3.03. The minimum atomic E-state index is -4.40. The zero-order valence-electron chi connectivity index (χ0n) is 12.9. The van der Waals surface area contributed by atoms with Crippen LogP contribution in [-0.4, -0.2) is 18.2 Å². The Bertz CT molecular complexity index is 877. The van der Waals surface area contributed by atoms with Crippen molar-refractivity contribution in [3.63, 3.8) is 0 Å². The molecule has 1 N–H and O–H groups in total. The molecule has 3 rings (SSSR count). The summed E-state index contributed by atoms with van der Waals surface area (Å²) >= 11 is 5.24. The van der Waals surface area contributed by atoms with E-state index in [1.54, 1.807) is 29.2 Å². The molecule has 25 heavy (non-hydrogen) atoms. The molecule has 0 saturated carbocycles. The number of benzene rings is 1. The Balaban J connectivity index is 1.86. The number of rotatable bonds is 2. The Labute approximate surface area is 148 Å². The number of alkyl halides is 3. The highest BCUT2D eigenvalue weighted by atomic mass is 32.1. The van der Waals surface area contributed by atoms with Gasteiger partial charge in [0, 0.05) is 18.8 Å². The quantitative estimate of drug-likeness (QED) is 0.644. The first-order valence-corrected chi connectivity index (χ1v) is 7.76. The second kappa shape index (κ2) is 6.65. The van der Waals surface area contributed by atoms with Crippen LogP contribution in [0.1, 0.15) is 17.1 Å². The van der Waals surface area contributed by atoms with Gasteiger partial charge in [-0.05, 0) is 60.1 Å². The lowest BCUT2D eigenvalue weighted by molar-refractivity contribution is -0.137. The third kappa shape index (κ3) is 3.86. The molecule has 0 aliphatic carbocycles. The molecule has 1 aromatic heterocycles. The van der Waals surface area contributed by atoms with E-state index in [1.807, 2.05) is 0 Å². The third-order valence-electron chi connectivity index (χ3n) is 3.67. The lowest BCUT2D eigenvalue weighted by Gasteiger charge is -2.32. The van der Waals surface area contributed by atoms with Crippen molar-refractivity contribution in [3.05, 3.63) is 59.1 Å². The molecule has 2 heterocycles. The molecule has 128 valence electrons. The van der Waals surface area contributed by atoms with E-state index in [1.165, 1.54) is 6.07 Å². The molecule has 0 bridgehead atoms. The van der Waals surface area contributed by atoms with E-state index in [0.29, 0.717) is 35.4 Å². The lowest BCUT2D eigenvalue weighted by atomic mass is 10.1. The van der Waals surface area contributed by atoms with Gasteiger partial charge >= 0.3 is 6.18 Å². The molecule has 0 atom stereocenters. The highest BCUT2D eigenvalue weighted by Gasteiger charge is 2.31. The zero-order valence-corrected chi connectivity index (χ0v) is 13.7. The van der Waals surface area contributed by atoms with Gasteiger partial charge in [0.15, 0.2) is 10.9 Å². The molecule has 2 aromatic rings. The molecule has 7 heteroatoms. The standard InChI is InChI=1S/C18H13F3N2OS/c1-2-15-6-7-16(24-15)8-12-10-22-17(25)23(11-12)14-5-3-4-13(9-14)18(19,20)21/h1,3-9H,10-11H2,(H,22,25). The number of nitrogens with zero attached hydrogens (tertiary/aromatic N) is 1. The number of hydrogen-bond donors (Lipinski definition) is 1. The predicted molar refractivity (Wildman–Crippen MR) is 94.0 cm³/mol. The molecule has 1 fully saturated rings. The number of furan rings is 1. The molecule has 1 aliphatic rings. The first kappa shape index (κ1) is 17.1. The first-order chi connectivity index (χ1) is 11.9. The van der Waals surface area contributed by atoms with E-state index in [4.69, 9.17) is 23.1 Å². The van der Waals surface area contributed by atoms with Crippen molar-refractivity contribution in [3.8, 4) is 12.3 Å². The van der Waals surface area contributed by atoms with Crippen LogP contribution in [0.15, 0.2) is 46.4 Å². The fraction of sp³-hybridized carbons (Fsp3) is 0.167. The summed E-state index contributed by atoms with van der Waals surface area (Å²) in [7, 11) is 0. The van der Waals surface area contributed by atoms with E-state index in [2.05, 4.69) is 11.2 Å². The summed E-state index contributed by atoms with van der Waals surface area (Å²) in [6.07, 6.45) is 2.67. The van der Waals surface area contributed by atoms with Crippen LogP contribution in [0.4, 0.5) is 18.9 Å². The molecule has 0 spiro atoms. The normalized spacial score (nSPS) is 16.6. The van der Waals surface area contributed by atoms with Gasteiger partial charge in [-0.1, -0.05) is 6.07 Å². The van der Waals surface area contributed by atoms with Gasteiger partial charge < -0.3 is 14.6 Å². The van der Waals surface area contributed by atoms with Gasteiger partial charge in [0.1, 0.15) is 5.76 Å². The third-order valence-corrected chi connectivity index (χ3v) is 4.04. The van der Waals surface area contributed by atoms with E-state index >= 15 is 0 Å². The Morgan fingerprint density at radius 2 is 2.08 bits per heavy atom. The highest BCUT2D eigenvalue weighted by Crippen LogP contribution is 2.32. The second-order valence-electron chi connectivity index (χ2n) is 5.44. The van der Waals surface area contributed by atoms with Gasteiger partial charge in [-0.25, -0.2) is 0 Å². The van der Waals surface area contributed by atoms with Crippen LogP contribution in [0, 0.1) is 12.3 Å². The fourth-order valence-electron chi connectivity index (χ4n) is 2.48. The topological polar surface area (TPSA) is 28.4 Å². The van der Waals surface area contributed by atoms with Crippen LogP contribution in [0.5, 0.6) is 0 Å². The number of terminal acetylenes is 1. The smallest absolute Gasteiger partial charge is 0.416 e. The lowest BCUT2D eigenvalue weighted by Crippen LogP contribution is -2.47. The number of anilines is 1. The van der Waals surface area contributed by atoms with Crippen molar-refractivity contribution in [1.82, 2.24) is 5.32 Å². The number of halogens is 3. The van der Waals surface area contributed by atoms with Crippen LogP contribution in [0.25, 0.3) is 6.08 Å². The van der Waals surface area contributed by atoms with Crippen molar-refractivity contribution < 1.29 is 17.6 Å². The van der Waals surface area contributed by atoms with E-state index in [9.17, 15) is 13.2 Å². The SMILES string of the molecule is C#Cc1ccc(C=C2CNC(=S)N(c3cccc(C(F)(F)F)c3)C2)o1. The van der Waals surface area contributed by atoms with Crippen LogP contribution < -0.4 is 10.2 Å². The molecule has 0 radical (unpaired) electrons. The molecule has 0 unspecified atom stereocenters. The van der Waals surface area contributed by atoms with Gasteiger partial charge in [-0.3, -0.25) is 0 Å². The van der Waals surface area contributed by atoms with Crippen molar-refractivity contribution in [2.24, 2.45) is 0 Å². The minimum Gasteiger partial charge on any atom is -0.448 e. The average molecular weight is 362 g/mol. The van der Waals surface area contributed by atoms with E-state index in [-0.39, 0.29) is 0 Å². The summed E-state index contributed by atoms with van der Waals surface area (Å²) in [6, 6.07) is 8.49. The molecule has 3 nitrogen and oxygen atoms in total. The van der Waals surface area contributed by atoms with Crippen LogP contribution in [0.3, 0.4) is 0 Å². The van der Waals surface area contributed by atoms with Crippen LogP contribution >= 0.6 is 12.2 Å². The summed E-state index contributed by atoms with van der Waals surface area (Å²) in [5.74, 6) is 3.40. The molecule has 1 saturated heterocycles. The maximum Gasteiger partial charge on any atom is 0.416 e.